The van der Waals surface area contributed by atoms with Gasteiger partial charge in [0.15, 0.2) is 0 Å². The third-order valence-electron chi connectivity index (χ3n) is 5.26. The first-order chi connectivity index (χ1) is 15.8. The van der Waals surface area contributed by atoms with Crippen LogP contribution in [-0.4, -0.2) is 27.8 Å². The van der Waals surface area contributed by atoms with E-state index in [1.807, 2.05) is 32.9 Å². The molecule has 2 heterocycles. The highest BCUT2D eigenvalue weighted by molar-refractivity contribution is 6.36. The first-order valence-corrected chi connectivity index (χ1v) is 11.0. The zero-order valence-corrected chi connectivity index (χ0v) is 19.4. The number of nitrogens with one attached hydrogen (secondary N) is 1. The van der Waals surface area contributed by atoms with Crippen molar-refractivity contribution in [3.05, 3.63) is 94.4 Å². The Morgan fingerprint density at radius 3 is 2.42 bits per heavy atom. The van der Waals surface area contributed by atoms with Gasteiger partial charge in [0.25, 0.3) is 11.8 Å². The molecule has 3 aromatic rings. The summed E-state index contributed by atoms with van der Waals surface area (Å²) in [7, 11) is 0. The Labute approximate surface area is 197 Å². The fourth-order valence-electron chi connectivity index (χ4n) is 3.61. The number of hydrogen-bond donors (Lipinski definition) is 1. The Bertz CT molecular complexity index is 1220. The molecule has 0 fully saturated rings. The number of hydrogen-bond acceptors (Lipinski definition) is 5. The van der Waals surface area contributed by atoms with Crippen molar-refractivity contribution in [1.82, 2.24) is 9.88 Å². The quantitative estimate of drug-likeness (QED) is 0.488. The van der Waals surface area contributed by atoms with E-state index in [-0.39, 0.29) is 24.3 Å². The monoisotopic (exact) mass is 461 g/mol. The van der Waals surface area contributed by atoms with E-state index in [0.29, 0.717) is 33.3 Å². The third-order valence-corrected chi connectivity index (χ3v) is 5.67. The molecule has 0 radical (unpaired) electrons. The molecule has 4 rings (SSSR count). The number of pyridine rings is 1. The molecule has 0 saturated carbocycles. The average molecular weight is 462 g/mol. The van der Waals surface area contributed by atoms with Crippen LogP contribution in [0.2, 0.25) is 5.02 Å². The zero-order valence-electron chi connectivity index (χ0n) is 18.6. The standard InChI is InChI=1S/C26H24ClN3O3/c1-16(2)33-20-12-10-18(11-13-20)23-24(29-22-9-6-8-21(27)17(22)3)26(32)30(25(23)31)15-19-7-4-5-14-28-19/h4-14,16,29H,15H2,1-3H3. The van der Waals surface area contributed by atoms with Crippen LogP contribution in [0.15, 0.2) is 72.6 Å². The van der Waals surface area contributed by atoms with Crippen molar-refractivity contribution >= 4 is 34.7 Å². The Kier molecular flexibility index (Phi) is 6.47. The van der Waals surface area contributed by atoms with Crippen LogP contribution in [0.3, 0.4) is 0 Å². The van der Waals surface area contributed by atoms with Crippen molar-refractivity contribution in [3.63, 3.8) is 0 Å². The van der Waals surface area contributed by atoms with Gasteiger partial charge in [0.05, 0.1) is 23.9 Å². The van der Waals surface area contributed by atoms with Gasteiger partial charge in [-0.1, -0.05) is 35.9 Å². The fraction of sp³-hybridized carbons (Fsp3) is 0.192. The van der Waals surface area contributed by atoms with Crippen LogP contribution in [0.1, 0.15) is 30.7 Å². The molecule has 0 spiro atoms. The van der Waals surface area contributed by atoms with Crippen LogP contribution < -0.4 is 10.1 Å². The lowest BCUT2D eigenvalue weighted by Crippen LogP contribution is -2.32. The lowest BCUT2D eigenvalue weighted by Gasteiger charge is -2.15. The largest absolute Gasteiger partial charge is 0.491 e. The van der Waals surface area contributed by atoms with E-state index in [1.165, 1.54) is 4.90 Å². The Morgan fingerprint density at radius 2 is 1.76 bits per heavy atom. The summed E-state index contributed by atoms with van der Waals surface area (Å²) >= 11 is 6.27. The molecule has 1 N–H and O–H groups in total. The van der Waals surface area contributed by atoms with Crippen molar-refractivity contribution in [2.45, 2.75) is 33.4 Å². The van der Waals surface area contributed by atoms with Crippen molar-refractivity contribution in [2.75, 3.05) is 5.32 Å². The summed E-state index contributed by atoms with van der Waals surface area (Å²) in [6, 6.07) is 18.0. The van der Waals surface area contributed by atoms with Crippen molar-refractivity contribution < 1.29 is 14.3 Å². The second-order valence-electron chi connectivity index (χ2n) is 8.00. The zero-order chi connectivity index (χ0) is 23.5. The normalized spacial score (nSPS) is 13.8. The van der Waals surface area contributed by atoms with E-state index < -0.39 is 5.91 Å². The minimum Gasteiger partial charge on any atom is -0.491 e. The van der Waals surface area contributed by atoms with Gasteiger partial charge in [-0.15, -0.1) is 0 Å². The summed E-state index contributed by atoms with van der Waals surface area (Å²) in [5.41, 5.74) is 3.20. The van der Waals surface area contributed by atoms with Gasteiger partial charge >= 0.3 is 0 Å². The molecule has 2 amide bonds. The summed E-state index contributed by atoms with van der Waals surface area (Å²) in [4.78, 5) is 32.3. The van der Waals surface area contributed by atoms with E-state index in [0.717, 1.165) is 5.56 Å². The maximum absolute atomic E-state index is 13.5. The van der Waals surface area contributed by atoms with Gasteiger partial charge in [-0.05, 0) is 68.3 Å². The fourth-order valence-corrected chi connectivity index (χ4v) is 3.78. The average Bonchev–Trinajstić information content (AvgIpc) is 3.02. The molecule has 0 aliphatic carbocycles. The maximum atomic E-state index is 13.5. The molecule has 1 aliphatic rings. The van der Waals surface area contributed by atoms with E-state index >= 15 is 0 Å². The van der Waals surface area contributed by atoms with Gasteiger partial charge in [-0.25, -0.2) is 0 Å². The van der Waals surface area contributed by atoms with Crippen molar-refractivity contribution in [2.24, 2.45) is 0 Å². The smallest absolute Gasteiger partial charge is 0.278 e. The second-order valence-corrected chi connectivity index (χ2v) is 8.40. The SMILES string of the molecule is Cc1c(Cl)cccc1NC1=C(c2ccc(OC(C)C)cc2)C(=O)N(Cc2ccccn2)C1=O. The van der Waals surface area contributed by atoms with Crippen LogP contribution in [0.25, 0.3) is 5.57 Å². The molecule has 2 aromatic carbocycles. The summed E-state index contributed by atoms with van der Waals surface area (Å²) in [6.07, 6.45) is 1.66. The van der Waals surface area contributed by atoms with Crippen LogP contribution in [0, 0.1) is 6.92 Å². The van der Waals surface area contributed by atoms with E-state index in [4.69, 9.17) is 16.3 Å². The number of amides is 2. The number of carbonyl (C=O) groups is 2. The number of halogens is 1. The molecular formula is C26H24ClN3O3. The first kappa shape index (κ1) is 22.6. The molecular weight excluding hydrogens is 438 g/mol. The van der Waals surface area contributed by atoms with E-state index in [2.05, 4.69) is 10.3 Å². The van der Waals surface area contributed by atoms with Gasteiger partial charge in [0.2, 0.25) is 0 Å². The number of ether oxygens (including phenoxy) is 1. The number of benzene rings is 2. The highest BCUT2D eigenvalue weighted by atomic mass is 35.5. The summed E-state index contributed by atoms with van der Waals surface area (Å²) in [5, 5.41) is 3.74. The van der Waals surface area contributed by atoms with Crippen molar-refractivity contribution in [1.29, 1.82) is 0 Å². The predicted molar refractivity (Wildman–Crippen MR) is 129 cm³/mol. The van der Waals surface area contributed by atoms with Gasteiger partial charge in [-0.2, -0.15) is 0 Å². The molecule has 33 heavy (non-hydrogen) atoms. The predicted octanol–water partition coefficient (Wildman–Crippen LogP) is 5.22. The van der Waals surface area contributed by atoms with Crippen LogP contribution in [0.5, 0.6) is 5.75 Å². The minimum absolute atomic E-state index is 0.0293. The lowest BCUT2D eigenvalue weighted by molar-refractivity contribution is -0.137. The molecule has 0 unspecified atom stereocenters. The Morgan fingerprint density at radius 1 is 1.00 bits per heavy atom. The van der Waals surface area contributed by atoms with Gasteiger partial charge in [0, 0.05) is 16.9 Å². The Balaban J connectivity index is 1.74. The first-order valence-electron chi connectivity index (χ1n) is 10.6. The molecule has 1 aromatic heterocycles. The number of aromatic nitrogens is 1. The summed E-state index contributed by atoms with van der Waals surface area (Å²) in [6.45, 7) is 5.83. The molecule has 6 nitrogen and oxygen atoms in total. The number of imide groups is 1. The van der Waals surface area contributed by atoms with Crippen LogP contribution in [0.4, 0.5) is 5.69 Å². The lowest BCUT2D eigenvalue weighted by atomic mass is 10.0. The van der Waals surface area contributed by atoms with Crippen molar-refractivity contribution in [3.8, 4) is 5.75 Å². The molecule has 0 saturated heterocycles. The molecule has 1 aliphatic heterocycles. The van der Waals surface area contributed by atoms with Gasteiger partial charge in [-0.3, -0.25) is 19.5 Å². The number of carbonyl (C=O) groups excluding carboxylic acids is 2. The third kappa shape index (κ3) is 4.76. The van der Waals surface area contributed by atoms with E-state index in [9.17, 15) is 9.59 Å². The highest BCUT2D eigenvalue weighted by Gasteiger charge is 2.39. The van der Waals surface area contributed by atoms with Crippen LogP contribution in [-0.2, 0) is 16.1 Å². The number of nitrogens with zero attached hydrogens (tertiary/aromatic N) is 2. The molecule has 0 bridgehead atoms. The topological polar surface area (TPSA) is 71.5 Å². The Hall–Kier alpha value is -3.64. The molecule has 168 valence electrons. The van der Waals surface area contributed by atoms with Crippen LogP contribution >= 0.6 is 11.6 Å². The second kappa shape index (κ2) is 9.46. The van der Waals surface area contributed by atoms with Gasteiger partial charge in [0.1, 0.15) is 11.4 Å². The minimum atomic E-state index is -0.414. The molecule has 0 atom stereocenters. The summed E-state index contributed by atoms with van der Waals surface area (Å²) in [5.74, 6) is -0.107. The number of anilines is 1. The molecule has 7 heteroatoms. The maximum Gasteiger partial charge on any atom is 0.278 e. The highest BCUT2D eigenvalue weighted by Crippen LogP contribution is 2.34. The summed E-state index contributed by atoms with van der Waals surface area (Å²) < 4.78 is 5.71. The van der Waals surface area contributed by atoms with Gasteiger partial charge < -0.3 is 10.1 Å². The van der Waals surface area contributed by atoms with E-state index in [1.54, 1.807) is 54.7 Å². The number of rotatable bonds is 7.